The van der Waals surface area contributed by atoms with Crippen molar-refractivity contribution >= 4 is 0 Å². The molecule has 0 aromatic carbocycles. The molecule has 3 aliphatic carbocycles. The van der Waals surface area contributed by atoms with Gasteiger partial charge in [0.25, 0.3) is 0 Å². The van der Waals surface area contributed by atoms with Gasteiger partial charge in [-0.15, -0.1) is 0 Å². The molecule has 3 rings (SSSR count). The summed E-state index contributed by atoms with van der Waals surface area (Å²) in [6, 6.07) is 0.530. The van der Waals surface area contributed by atoms with E-state index in [1.807, 2.05) is 0 Å². The van der Waals surface area contributed by atoms with E-state index in [4.69, 9.17) is 5.73 Å². The lowest BCUT2D eigenvalue weighted by Crippen LogP contribution is -2.38. The molecule has 0 heterocycles. The van der Waals surface area contributed by atoms with E-state index in [0.29, 0.717) is 6.04 Å². The second-order valence-corrected chi connectivity index (χ2v) is 7.34. The Morgan fingerprint density at radius 2 is 1.33 bits per heavy atom. The molecule has 3 aliphatic rings. The SMILES string of the molecule is NC1CCCCC1CC1CCCC2CCCCC21. The fourth-order valence-corrected chi connectivity index (χ4v) is 5.28. The number of nitrogens with two attached hydrogens (primary N) is 1. The fourth-order valence-electron chi connectivity index (χ4n) is 5.28. The molecule has 1 nitrogen and oxygen atoms in total. The summed E-state index contributed by atoms with van der Waals surface area (Å²) < 4.78 is 0. The third-order valence-corrected chi connectivity index (χ3v) is 6.30. The normalized spacial score (nSPS) is 45.5. The van der Waals surface area contributed by atoms with E-state index in [1.54, 1.807) is 0 Å². The minimum Gasteiger partial charge on any atom is -0.327 e. The Morgan fingerprint density at radius 1 is 0.667 bits per heavy atom. The predicted molar refractivity (Wildman–Crippen MR) is 77.3 cm³/mol. The summed E-state index contributed by atoms with van der Waals surface area (Å²) in [7, 11) is 0. The summed E-state index contributed by atoms with van der Waals surface area (Å²) in [4.78, 5) is 0. The van der Waals surface area contributed by atoms with Crippen LogP contribution < -0.4 is 5.73 Å². The quantitative estimate of drug-likeness (QED) is 0.766. The van der Waals surface area contributed by atoms with Crippen molar-refractivity contribution in [2.45, 2.75) is 83.1 Å². The molecule has 0 aromatic heterocycles. The van der Waals surface area contributed by atoms with Gasteiger partial charge in [0.05, 0.1) is 0 Å². The van der Waals surface area contributed by atoms with Crippen LogP contribution in [0.1, 0.15) is 77.0 Å². The Hall–Kier alpha value is -0.0400. The molecular weight excluding hydrogens is 218 g/mol. The molecule has 3 fully saturated rings. The summed E-state index contributed by atoms with van der Waals surface area (Å²) in [5.74, 6) is 4.08. The van der Waals surface area contributed by atoms with Crippen molar-refractivity contribution in [3.63, 3.8) is 0 Å². The largest absolute Gasteiger partial charge is 0.327 e. The standard InChI is InChI=1S/C17H31N/c18-17-11-4-2-7-15(17)12-14-9-5-8-13-6-1-3-10-16(13)14/h13-17H,1-12,18H2. The fraction of sp³-hybridized carbons (Fsp3) is 1.00. The van der Waals surface area contributed by atoms with E-state index in [1.165, 1.54) is 77.0 Å². The molecule has 18 heavy (non-hydrogen) atoms. The smallest absolute Gasteiger partial charge is 0.00672 e. The van der Waals surface area contributed by atoms with Crippen LogP contribution in [0, 0.1) is 23.7 Å². The molecule has 0 bridgehead atoms. The number of fused-ring (bicyclic) bond motifs is 1. The highest BCUT2D eigenvalue weighted by Gasteiger charge is 2.36. The molecule has 104 valence electrons. The van der Waals surface area contributed by atoms with Gasteiger partial charge >= 0.3 is 0 Å². The van der Waals surface area contributed by atoms with Gasteiger partial charge in [-0.1, -0.05) is 51.4 Å². The molecule has 5 unspecified atom stereocenters. The Balaban J connectivity index is 1.60. The third kappa shape index (κ3) is 2.76. The summed E-state index contributed by atoms with van der Waals surface area (Å²) in [6.07, 6.45) is 17.7. The van der Waals surface area contributed by atoms with Gasteiger partial charge in [0.2, 0.25) is 0 Å². The topological polar surface area (TPSA) is 26.0 Å². The molecular formula is C17H31N. The monoisotopic (exact) mass is 249 g/mol. The maximum absolute atomic E-state index is 6.36. The van der Waals surface area contributed by atoms with Gasteiger partial charge in [0.15, 0.2) is 0 Å². The zero-order chi connectivity index (χ0) is 12.4. The second kappa shape index (κ2) is 5.94. The first-order valence-electron chi connectivity index (χ1n) is 8.60. The first kappa shape index (κ1) is 13.0. The molecule has 5 atom stereocenters. The predicted octanol–water partition coefficient (Wildman–Crippen LogP) is 4.50. The van der Waals surface area contributed by atoms with Crippen LogP contribution in [-0.2, 0) is 0 Å². The Kier molecular flexibility index (Phi) is 4.28. The van der Waals surface area contributed by atoms with Crippen molar-refractivity contribution in [1.29, 1.82) is 0 Å². The summed E-state index contributed by atoms with van der Waals surface area (Å²) >= 11 is 0. The van der Waals surface area contributed by atoms with Gasteiger partial charge in [-0.3, -0.25) is 0 Å². The Bertz CT molecular complexity index is 260. The van der Waals surface area contributed by atoms with E-state index in [0.717, 1.165) is 23.7 Å². The van der Waals surface area contributed by atoms with Crippen LogP contribution in [0.3, 0.4) is 0 Å². The van der Waals surface area contributed by atoms with Gasteiger partial charge in [0, 0.05) is 6.04 Å². The van der Waals surface area contributed by atoms with Crippen LogP contribution in [0.2, 0.25) is 0 Å². The zero-order valence-electron chi connectivity index (χ0n) is 11.9. The van der Waals surface area contributed by atoms with Gasteiger partial charge in [0.1, 0.15) is 0 Å². The maximum Gasteiger partial charge on any atom is 0.00672 e. The molecule has 2 N–H and O–H groups in total. The van der Waals surface area contributed by atoms with Crippen LogP contribution in [0.25, 0.3) is 0 Å². The number of hydrogen-bond acceptors (Lipinski definition) is 1. The first-order valence-corrected chi connectivity index (χ1v) is 8.60. The second-order valence-electron chi connectivity index (χ2n) is 7.34. The zero-order valence-corrected chi connectivity index (χ0v) is 11.9. The number of rotatable bonds is 2. The third-order valence-electron chi connectivity index (χ3n) is 6.30. The average Bonchev–Trinajstić information content (AvgIpc) is 2.42. The van der Waals surface area contributed by atoms with Crippen LogP contribution in [0.4, 0.5) is 0 Å². The summed E-state index contributed by atoms with van der Waals surface area (Å²) in [5, 5.41) is 0. The lowest BCUT2D eigenvalue weighted by molar-refractivity contribution is 0.0774. The number of hydrogen-bond donors (Lipinski definition) is 1. The van der Waals surface area contributed by atoms with E-state index < -0.39 is 0 Å². The van der Waals surface area contributed by atoms with Crippen LogP contribution in [-0.4, -0.2) is 6.04 Å². The molecule has 3 saturated carbocycles. The minimum absolute atomic E-state index is 0.530. The molecule has 0 aliphatic heterocycles. The lowest BCUT2D eigenvalue weighted by Gasteiger charge is -2.44. The van der Waals surface area contributed by atoms with Crippen molar-refractivity contribution < 1.29 is 0 Å². The van der Waals surface area contributed by atoms with E-state index >= 15 is 0 Å². The van der Waals surface area contributed by atoms with E-state index in [-0.39, 0.29) is 0 Å². The minimum atomic E-state index is 0.530. The van der Waals surface area contributed by atoms with Crippen molar-refractivity contribution in [2.24, 2.45) is 29.4 Å². The van der Waals surface area contributed by atoms with E-state index in [2.05, 4.69) is 0 Å². The molecule has 1 heteroatoms. The molecule has 0 saturated heterocycles. The van der Waals surface area contributed by atoms with Crippen LogP contribution in [0.5, 0.6) is 0 Å². The van der Waals surface area contributed by atoms with Crippen LogP contribution in [0.15, 0.2) is 0 Å². The van der Waals surface area contributed by atoms with Crippen molar-refractivity contribution in [3.05, 3.63) is 0 Å². The molecule has 0 spiro atoms. The highest BCUT2D eigenvalue weighted by molar-refractivity contribution is 4.88. The van der Waals surface area contributed by atoms with Gasteiger partial charge in [-0.25, -0.2) is 0 Å². The average molecular weight is 249 g/mol. The van der Waals surface area contributed by atoms with Gasteiger partial charge < -0.3 is 5.73 Å². The molecule has 0 radical (unpaired) electrons. The van der Waals surface area contributed by atoms with Crippen molar-refractivity contribution in [1.82, 2.24) is 0 Å². The first-order chi connectivity index (χ1) is 8.84. The van der Waals surface area contributed by atoms with Gasteiger partial charge in [-0.05, 0) is 49.4 Å². The Morgan fingerprint density at radius 3 is 2.22 bits per heavy atom. The molecule has 0 amide bonds. The van der Waals surface area contributed by atoms with Crippen molar-refractivity contribution in [2.75, 3.05) is 0 Å². The van der Waals surface area contributed by atoms with E-state index in [9.17, 15) is 0 Å². The Labute approximate surface area is 113 Å². The summed E-state index contributed by atoms with van der Waals surface area (Å²) in [6.45, 7) is 0. The summed E-state index contributed by atoms with van der Waals surface area (Å²) in [5.41, 5.74) is 6.36. The maximum atomic E-state index is 6.36. The lowest BCUT2D eigenvalue weighted by atomic mass is 9.62. The highest BCUT2D eigenvalue weighted by atomic mass is 14.7. The van der Waals surface area contributed by atoms with Gasteiger partial charge in [-0.2, -0.15) is 0 Å². The molecule has 0 aromatic rings. The van der Waals surface area contributed by atoms with Crippen LogP contribution >= 0.6 is 0 Å². The van der Waals surface area contributed by atoms with Crippen molar-refractivity contribution in [3.8, 4) is 0 Å². The highest BCUT2D eigenvalue weighted by Crippen LogP contribution is 2.47.